The highest BCUT2D eigenvalue weighted by atomic mass is 32.2. The lowest BCUT2D eigenvalue weighted by Gasteiger charge is -2.48. The van der Waals surface area contributed by atoms with Gasteiger partial charge in [-0.3, -0.25) is 14.5 Å². The van der Waals surface area contributed by atoms with Crippen LogP contribution in [0.3, 0.4) is 0 Å². The number of thioether (sulfide) groups is 1. The zero-order chi connectivity index (χ0) is 15.9. The van der Waals surface area contributed by atoms with Gasteiger partial charge in [0.2, 0.25) is 5.91 Å². The predicted molar refractivity (Wildman–Crippen MR) is 81.9 cm³/mol. The Morgan fingerprint density at radius 1 is 1.50 bits per heavy atom. The Morgan fingerprint density at radius 2 is 2.27 bits per heavy atom. The van der Waals surface area contributed by atoms with Crippen LogP contribution in [-0.2, 0) is 20.8 Å². The molecular weight excluding hydrogens is 326 g/mol. The first kappa shape index (κ1) is 14.9. The monoisotopic (exact) mass is 339 g/mol. The van der Waals surface area contributed by atoms with Crippen LogP contribution in [0.4, 0.5) is 0 Å². The van der Waals surface area contributed by atoms with Gasteiger partial charge in [0.05, 0.1) is 12.1 Å². The van der Waals surface area contributed by atoms with E-state index in [-0.39, 0.29) is 23.7 Å². The van der Waals surface area contributed by atoms with Crippen LogP contribution in [0.25, 0.3) is 0 Å². The lowest BCUT2D eigenvalue weighted by atomic mass is 10.0. The zero-order valence-corrected chi connectivity index (χ0v) is 12.9. The number of carbonyl (C=O) groups excluding carboxylic acids is 2. The van der Waals surface area contributed by atoms with Gasteiger partial charge in [0, 0.05) is 10.6 Å². The topological polar surface area (TPSA) is 113 Å². The van der Waals surface area contributed by atoms with E-state index >= 15 is 0 Å². The van der Waals surface area contributed by atoms with Crippen LogP contribution in [-0.4, -0.2) is 45.0 Å². The van der Waals surface area contributed by atoms with Crippen LogP contribution < -0.4 is 11.1 Å². The summed E-state index contributed by atoms with van der Waals surface area (Å²) in [6, 6.07) is 3.01. The van der Waals surface area contributed by atoms with Crippen molar-refractivity contribution in [3.8, 4) is 0 Å². The summed E-state index contributed by atoms with van der Waals surface area (Å²) in [4.78, 5) is 37.4. The van der Waals surface area contributed by atoms with Crippen molar-refractivity contribution in [2.75, 3.05) is 5.75 Å². The van der Waals surface area contributed by atoms with Crippen LogP contribution >= 0.6 is 23.1 Å². The number of nitrogens with one attached hydrogen (secondary N) is 1. The molecule has 9 heteroatoms. The number of amides is 2. The minimum Gasteiger partial charge on any atom is -0.477 e. The van der Waals surface area contributed by atoms with E-state index in [0.717, 1.165) is 9.78 Å². The largest absolute Gasteiger partial charge is 0.477 e. The SMILES string of the molecule is NC1=C(C(=O)O)N2C(=O)C(NC(=O)Cc3cccs3)[C@H]2SC1. The Hall–Kier alpha value is -2.00. The van der Waals surface area contributed by atoms with E-state index in [4.69, 9.17) is 10.8 Å². The fraction of sp³-hybridized carbons (Fsp3) is 0.308. The van der Waals surface area contributed by atoms with Gasteiger partial charge in [0.25, 0.3) is 5.91 Å². The van der Waals surface area contributed by atoms with Crippen LogP contribution in [0, 0.1) is 0 Å². The third-order valence-electron chi connectivity index (χ3n) is 3.43. The smallest absolute Gasteiger partial charge is 0.354 e. The Labute approximate surface area is 134 Å². The number of rotatable bonds is 4. The van der Waals surface area contributed by atoms with Crippen molar-refractivity contribution >= 4 is 40.9 Å². The zero-order valence-electron chi connectivity index (χ0n) is 11.3. The number of β-lactam (4-membered cyclic amide) rings is 1. The fourth-order valence-corrected chi connectivity index (χ4v) is 4.37. The highest BCUT2D eigenvalue weighted by Gasteiger charge is 2.53. The van der Waals surface area contributed by atoms with Gasteiger partial charge in [-0.1, -0.05) is 6.07 Å². The van der Waals surface area contributed by atoms with Crippen LogP contribution in [0.5, 0.6) is 0 Å². The minimum absolute atomic E-state index is 0.169. The number of thiophene rings is 1. The summed E-state index contributed by atoms with van der Waals surface area (Å²) in [5.41, 5.74) is 5.67. The number of fused-ring (bicyclic) bond motifs is 1. The molecule has 0 spiro atoms. The Kier molecular flexibility index (Phi) is 3.83. The number of carbonyl (C=O) groups is 3. The van der Waals surface area contributed by atoms with Crippen molar-refractivity contribution < 1.29 is 19.5 Å². The Morgan fingerprint density at radius 3 is 2.91 bits per heavy atom. The van der Waals surface area contributed by atoms with Gasteiger partial charge in [-0.05, 0) is 11.4 Å². The molecule has 2 aliphatic rings. The number of carboxylic acids is 1. The Bertz CT molecular complexity index is 671. The second kappa shape index (κ2) is 5.65. The second-order valence-corrected chi connectivity index (χ2v) is 7.03. The molecule has 0 radical (unpaired) electrons. The van der Waals surface area contributed by atoms with Gasteiger partial charge in [-0.25, -0.2) is 4.79 Å². The molecule has 0 aliphatic carbocycles. The number of nitrogens with zero attached hydrogens (tertiary/aromatic N) is 1. The number of carboxylic acid groups (broad SMARTS) is 1. The molecule has 1 aromatic rings. The van der Waals surface area contributed by atoms with Crippen LogP contribution in [0.1, 0.15) is 4.88 Å². The third kappa shape index (κ3) is 2.46. The molecule has 1 fully saturated rings. The molecule has 22 heavy (non-hydrogen) atoms. The fourth-order valence-electron chi connectivity index (χ4n) is 2.44. The van der Waals surface area contributed by atoms with Crippen LogP contribution in [0.15, 0.2) is 28.9 Å². The van der Waals surface area contributed by atoms with Crippen LogP contribution in [0.2, 0.25) is 0 Å². The molecule has 2 atom stereocenters. The first-order chi connectivity index (χ1) is 10.5. The second-order valence-electron chi connectivity index (χ2n) is 4.89. The summed E-state index contributed by atoms with van der Waals surface area (Å²) in [5, 5.41) is 13.3. The molecule has 2 amide bonds. The molecule has 3 rings (SSSR count). The summed E-state index contributed by atoms with van der Waals surface area (Å²) >= 11 is 2.82. The van der Waals surface area contributed by atoms with E-state index in [0.29, 0.717) is 5.75 Å². The van der Waals surface area contributed by atoms with E-state index in [9.17, 15) is 14.4 Å². The van der Waals surface area contributed by atoms with E-state index in [2.05, 4.69) is 5.32 Å². The Balaban J connectivity index is 1.68. The summed E-state index contributed by atoms with van der Waals surface area (Å²) in [7, 11) is 0. The van der Waals surface area contributed by atoms with Gasteiger partial charge in [-0.15, -0.1) is 23.1 Å². The van der Waals surface area contributed by atoms with Gasteiger partial charge >= 0.3 is 5.97 Å². The minimum atomic E-state index is -1.22. The average molecular weight is 339 g/mol. The highest BCUT2D eigenvalue weighted by molar-refractivity contribution is 8.00. The normalized spacial score (nSPS) is 23.8. The highest BCUT2D eigenvalue weighted by Crippen LogP contribution is 2.38. The maximum Gasteiger partial charge on any atom is 0.354 e. The summed E-state index contributed by atoms with van der Waals surface area (Å²) < 4.78 is 0. The summed E-state index contributed by atoms with van der Waals surface area (Å²) in [6.07, 6.45) is 0.211. The molecule has 2 aliphatic heterocycles. The van der Waals surface area contributed by atoms with Crippen molar-refractivity contribution in [1.29, 1.82) is 0 Å². The van der Waals surface area contributed by atoms with E-state index in [1.165, 1.54) is 23.1 Å². The maximum atomic E-state index is 12.1. The summed E-state index contributed by atoms with van der Waals surface area (Å²) in [6.45, 7) is 0. The first-order valence-corrected chi connectivity index (χ1v) is 8.40. The third-order valence-corrected chi connectivity index (χ3v) is 5.61. The predicted octanol–water partition coefficient (Wildman–Crippen LogP) is -0.0546. The first-order valence-electron chi connectivity index (χ1n) is 6.47. The van der Waals surface area contributed by atoms with Crippen molar-refractivity contribution in [3.05, 3.63) is 33.8 Å². The average Bonchev–Trinajstić information content (AvgIpc) is 2.97. The van der Waals surface area contributed by atoms with Crippen molar-refractivity contribution in [1.82, 2.24) is 10.2 Å². The standard InChI is InChI=1S/C13H13N3O4S2/c14-7-5-22-12-9(11(18)16(12)10(7)13(19)20)15-8(17)4-6-2-1-3-21-6/h1-3,9,12H,4-5,14H2,(H,15,17)(H,19,20)/t9?,12-/m1/s1. The molecule has 0 bridgehead atoms. The molecule has 1 saturated heterocycles. The molecule has 116 valence electrons. The number of hydrogen-bond acceptors (Lipinski definition) is 6. The van der Waals surface area contributed by atoms with E-state index in [1.54, 1.807) is 0 Å². The summed E-state index contributed by atoms with van der Waals surface area (Å²) in [5.74, 6) is -1.58. The van der Waals surface area contributed by atoms with Crippen molar-refractivity contribution in [2.24, 2.45) is 5.73 Å². The quantitative estimate of drug-likeness (QED) is 0.663. The molecular formula is C13H13N3O4S2. The number of nitrogens with two attached hydrogens (primary N) is 1. The van der Waals surface area contributed by atoms with Crippen molar-refractivity contribution in [3.63, 3.8) is 0 Å². The van der Waals surface area contributed by atoms with E-state index < -0.39 is 23.3 Å². The molecule has 1 unspecified atom stereocenters. The van der Waals surface area contributed by atoms with Crippen molar-refractivity contribution in [2.45, 2.75) is 17.8 Å². The van der Waals surface area contributed by atoms with E-state index in [1.807, 2.05) is 17.5 Å². The lowest BCUT2D eigenvalue weighted by Crippen LogP contribution is -2.70. The van der Waals surface area contributed by atoms with Gasteiger partial charge in [0.15, 0.2) is 5.70 Å². The molecule has 1 aromatic heterocycles. The number of aliphatic carboxylic acids is 1. The molecule has 4 N–H and O–H groups in total. The molecule has 3 heterocycles. The van der Waals surface area contributed by atoms with Gasteiger partial charge < -0.3 is 16.2 Å². The maximum absolute atomic E-state index is 12.1. The van der Waals surface area contributed by atoms with Gasteiger partial charge in [-0.2, -0.15) is 0 Å². The van der Waals surface area contributed by atoms with Gasteiger partial charge in [0.1, 0.15) is 11.4 Å². The number of hydrogen-bond donors (Lipinski definition) is 3. The molecule has 0 aromatic carbocycles. The molecule has 0 saturated carbocycles. The lowest BCUT2D eigenvalue weighted by molar-refractivity contribution is -0.150. The molecule has 7 nitrogen and oxygen atoms in total.